The van der Waals surface area contributed by atoms with E-state index in [2.05, 4.69) is 14.8 Å². The molecular weight excluding hydrogens is 728 g/mol. The monoisotopic (exact) mass is 780 g/mol. The number of ether oxygens (including phenoxy) is 5. The normalized spacial score (nSPS) is 14.3. The number of hydrogen-bond donors (Lipinski definition) is 4. The number of Topliss-reactive ketones (excluding diaryl/α,β-unsaturated/α-hetero) is 1. The lowest BCUT2D eigenvalue weighted by Crippen LogP contribution is -2.66. The maximum absolute atomic E-state index is 14.7. The van der Waals surface area contributed by atoms with Crippen LogP contribution in [0, 0.1) is 5.92 Å². The van der Waals surface area contributed by atoms with Crippen LogP contribution < -0.4 is 16.8 Å². The molecule has 0 fully saturated rings. The Balaban J connectivity index is 4.02. The van der Waals surface area contributed by atoms with Gasteiger partial charge in [0, 0.05) is 25.7 Å². The number of ketones is 1. The molecule has 5 atom stereocenters. The quantitative estimate of drug-likeness (QED) is 0.0753. The first-order chi connectivity index (χ1) is 25.7. The van der Waals surface area contributed by atoms with E-state index in [1.54, 1.807) is 51.1 Å². The Labute approximate surface area is 318 Å². The number of esters is 4. The fourth-order valence-electron chi connectivity index (χ4n) is 5.50. The van der Waals surface area contributed by atoms with E-state index in [4.69, 9.17) is 25.7 Å². The lowest BCUT2D eigenvalue weighted by atomic mass is 9.77. The summed E-state index contributed by atoms with van der Waals surface area (Å²) in [6.07, 6.45) is -6.29. The summed E-state index contributed by atoms with van der Waals surface area (Å²) in [5, 5.41) is 12.7. The van der Waals surface area contributed by atoms with Crippen molar-refractivity contribution in [2.24, 2.45) is 17.4 Å². The van der Waals surface area contributed by atoms with Crippen LogP contribution in [0.5, 0.6) is 0 Å². The average Bonchev–Trinajstić information content (AvgIpc) is 3.14. The van der Waals surface area contributed by atoms with Gasteiger partial charge in [0.05, 0.1) is 34.4 Å². The second kappa shape index (κ2) is 22.1. The van der Waals surface area contributed by atoms with Crippen LogP contribution in [0.1, 0.15) is 71.3 Å². The number of carbonyl (C=O) groups excluding carboxylic acids is 8. The number of nitrogens with one attached hydrogen (secondary N) is 1. The number of carboxylic acids is 1. The second-order valence-corrected chi connectivity index (χ2v) is 13.4. The SMILES string of the molecule is COC(=O)[C@H](CCC(=O)[C@](CC(Cc1ccccc1)C(=O)O)(C(=O)OC)N(C(=O)CC[C@H](N)C(=O)OC)C(=O)CC[C@H](N)C(=O)OC)NC(=O)OC(C)(C)C. The molecule has 19 heteroatoms. The van der Waals surface area contributed by atoms with E-state index in [0.717, 1.165) is 28.4 Å². The molecule has 306 valence electrons. The molecule has 0 heterocycles. The number of amides is 3. The third-order valence-corrected chi connectivity index (χ3v) is 8.26. The molecule has 0 aromatic heterocycles. The molecule has 0 aliphatic carbocycles. The van der Waals surface area contributed by atoms with Crippen LogP contribution in [0.25, 0.3) is 0 Å². The molecule has 19 nitrogen and oxygen atoms in total. The number of nitrogens with two attached hydrogens (primary N) is 2. The molecule has 1 unspecified atom stereocenters. The first-order valence-electron chi connectivity index (χ1n) is 17.2. The zero-order valence-corrected chi connectivity index (χ0v) is 32.1. The highest BCUT2D eigenvalue weighted by atomic mass is 16.6. The first kappa shape index (κ1) is 47.6. The van der Waals surface area contributed by atoms with Gasteiger partial charge < -0.3 is 45.6 Å². The van der Waals surface area contributed by atoms with Gasteiger partial charge in [0.2, 0.25) is 17.4 Å². The molecule has 0 saturated carbocycles. The summed E-state index contributed by atoms with van der Waals surface area (Å²) in [6.45, 7) is 4.67. The summed E-state index contributed by atoms with van der Waals surface area (Å²) in [5.74, 6) is -11.4. The summed E-state index contributed by atoms with van der Waals surface area (Å²) in [4.78, 5) is 120. The third-order valence-electron chi connectivity index (χ3n) is 8.26. The van der Waals surface area contributed by atoms with Gasteiger partial charge in [0.1, 0.15) is 23.7 Å². The van der Waals surface area contributed by atoms with Gasteiger partial charge in [-0.1, -0.05) is 30.3 Å². The van der Waals surface area contributed by atoms with Gasteiger partial charge in [-0.3, -0.25) is 33.7 Å². The lowest BCUT2D eigenvalue weighted by Gasteiger charge is -2.41. The number of aliphatic carboxylic acids is 1. The van der Waals surface area contributed by atoms with Crippen LogP contribution in [0.15, 0.2) is 30.3 Å². The predicted octanol–water partition coefficient (Wildman–Crippen LogP) is 0.564. The molecule has 0 spiro atoms. The minimum absolute atomic E-state index is 0.255. The van der Waals surface area contributed by atoms with Crippen molar-refractivity contribution in [1.29, 1.82) is 0 Å². The number of rotatable bonds is 21. The van der Waals surface area contributed by atoms with E-state index in [-0.39, 0.29) is 11.3 Å². The van der Waals surface area contributed by atoms with Gasteiger partial charge in [-0.05, 0) is 52.0 Å². The molecular formula is C36H52N4O15. The van der Waals surface area contributed by atoms with Crippen molar-refractivity contribution in [3.05, 3.63) is 35.9 Å². The number of carbonyl (C=O) groups is 9. The maximum Gasteiger partial charge on any atom is 0.408 e. The topological polar surface area (TPSA) is 287 Å². The van der Waals surface area contributed by atoms with Crippen LogP contribution in [-0.2, 0) is 68.5 Å². The Hall–Kier alpha value is -5.43. The Morgan fingerprint density at radius 1 is 0.727 bits per heavy atom. The summed E-state index contributed by atoms with van der Waals surface area (Å²) in [6, 6.07) is 3.70. The number of hydrogen-bond acceptors (Lipinski definition) is 16. The molecule has 0 bridgehead atoms. The van der Waals surface area contributed by atoms with E-state index >= 15 is 0 Å². The minimum atomic E-state index is -3.04. The molecule has 1 rings (SSSR count). The van der Waals surface area contributed by atoms with Crippen molar-refractivity contribution in [3.63, 3.8) is 0 Å². The minimum Gasteiger partial charge on any atom is -0.481 e. The Bertz CT molecular complexity index is 1510. The molecule has 55 heavy (non-hydrogen) atoms. The lowest BCUT2D eigenvalue weighted by molar-refractivity contribution is -0.175. The molecule has 3 amide bonds. The van der Waals surface area contributed by atoms with Gasteiger partial charge in [-0.15, -0.1) is 0 Å². The number of benzene rings is 1. The smallest absolute Gasteiger partial charge is 0.408 e. The highest BCUT2D eigenvalue weighted by molar-refractivity contribution is 6.16. The highest BCUT2D eigenvalue weighted by Gasteiger charge is 2.57. The Kier molecular flexibility index (Phi) is 19.1. The van der Waals surface area contributed by atoms with Crippen LogP contribution in [-0.4, -0.2) is 121 Å². The van der Waals surface area contributed by atoms with E-state index in [9.17, 15) is 48.3 Å². The summed E-state index contributed by atoms with van der Waals surface area (Å²) < 4.78 is 24.2. The third kappa shape index (κ3) is 14.4. The molecule has 0 aliphatic heterocycles. The van der Waals surface area contributed by atoms with Crippen molar-refractivity contribution in [1.82, 2.24) is 10.2 Å². The van der Waals surface area contributed by atoms with Crippen molar-refractivity contribution in [2.45, 2.75) is 101 Å². The number of imide groups is 1. The predicted molar refractivity (Wildman–Crippen MR) is 190 cm³/mol. The number of methoxy groups -OCH3 is 4. The zero-order chi connectivity index (χ0) is 42.1. The van der Waals surface area contributed by atoms with Crippen LogP contribution in [0.2, 0.25) is 0 Å². The van der Waals surface area contributed by atoms with Crippen molar-refractivity contribution in [3.8, 4) is 0 Å². The van der Waals surface area contributed by atoms with Gasteiger partial charge in [-0.2, -0.15) is 0 Å². The van der Waals surface area contributed by atoms with Gasteiger partial charge in [-0.25, -0.2) is 14.4 Å². The summed E-state index contributed by atoms with van der Waals surface area (Å²) >= 11 is 0. The van der Waals surface area contributed by atoms with Crippen LogP contribution in [0.3, 0.4) is 0 Å². The van der Waals surface area contributed by atoms with Gasteiger partial charge >= 0.3 is 35.9 Å². The highest BCUT2D eigenvalue weighted by Crippen LogP contribution is 2.34. The maximum atomic E-state index is 14.7. The van der Waals surface area contributed by atoms with Crippen molar-refractivity contribution < 1.29 is 71.9 Å². The number of alkyl carbamates (subject to hydrolysis) is 1. The average molecular weight is 781 g/mol. The largest absolute Gasteiger partial charge is 0.481 e. The van der Waals surface area contributed by atoms with Crippen molar-refractivity contribution in [2.75, 3.05) is 28.4 Å². The standard InChI is InChI=1S/C36H52N4O15/c1-35(2,3)55-34(50)39-25(32(48)53-6)15-16-26(41)36(33(49)54-7,20-22(29(44)45)19-21-11-9-8-10-12-21)40(27(42)17-13-23(37)30(46)51-4)28(43)18-14-24(38)31(47)52-5/h8-12,22-25H,13-20,37-38H2,1-7H3,(H,39,50)(H,44,45)/t22?,23-,24-,25-,36+/m0/s1. The zero-order valence-electron chi connectivity index (χ0n) is 32.1. The van der Waals surface area contributed by atoms with E-state index < -0.39 is 134 Å². The van der Waals surface area contributed by atoms with Crippen LogP contribution in [0.4, 0.5) is 4.79 Å². The molecule has 0 saturated heterocycles. The molecule has 1 aromatic rings. The number of nitrogens with zero attached hydrogens (tertiary/aromatic N) is 1. The molecule has 0 aliphatic rings. The fraction of sp³-hybridized carbons (Fsp3) is 0.583. The summed E-state index contributed by atoms with van der Waals surface area (Å²) in [7, 11) is 3.93. The second-order valence-electron chi connectivity index (χ2n) is 13.4. The van der Waals surface area contributed by atoms with Crippen molar-refractivity contribution >= 4 is 53.5 Å². The summed E-state index contributed by atoms with van der Waals surface area (Å²) in [5.41, 5.74) is 8.08. The fourth-order valence-corrected chi connectivity index (χ4v) is 5.50. The molecule has 1 aromatic carbocycles. The van der Waals surface area contributed by atoms with Crippen LogP contribution >= 0.6 is 0 Å². The van der Waals surface area contributed by atoms with E-state index in [1.807, 2.05) is 0 Å². The number of carboxylic acid groups (broad SMARTS) is 1. The molecule has 6 N–H and O–H groups in total. The molecule has 0 radical (unpaired) electrons. The van der Waals surface area contributed by atoms with E-state index in [0.29, 0.717) is 5.56 Å². The Morgan fingerprint density at radius 3 is 1.64 bits per heavy atom. The van der Waals surface area contributed by atoms with E-state index in [1.165, 1.54) is 0 Å². The first-order valence-corrected chi connectivity index (χ1v) is 17.2. The van der Waals surface area contributed by atoms with Gasteiger partial charge in [0.25, 0.3) is 0 Å². The van der Waals surface area contributed by atoms with Gasteiger partial charge in [0.15, 0.2) is 5.78 Å². The Morgan fingerprint density at radius 2 is 1.22 bits per heavy atom.